The van der Waals surface area contributed by atoms with Gasteiger partial charge in [0.1, 0.15) is 5.82 Å². The van der Waals surface area contributed by atoms with E-state index >= 15 is 0 Å². The third kappa shape index (κ3) is 3.80. The summed E-state index contributed by atoms with van der Waals surface area (Å²) in [4.78, 5) is 23.1. The predicted octanol–water partition coefficient (Wildman–Crippen LogP) is 2.89. The summed E-state index contributed by atoms with van der Waals surface area (Å²) < 4.78 is 13.7. The minimum atomic E-state index is -0.784. The summed E-state index contributed by atoms with van der Waals surface area (Å²) >= 11 is 0. The minimum Gasteiger partial charge on any atom is -0.481 e. The second kappa shape index (κ2) is 6.70. The van der Waals surface area contributed by atoms with Crippen LogP contribution in [0.3, 0.4) is 0 Å². The molecule has 0 heterocycles. The number of halogens is 1. The van der Waals surface area contributed by atoms with Gasteiger partial charge in [0, 0.05) is 11.5 Å². The highest BCUT2D eigenvalue weighted by atomic mass is 19.1. The van der Waals surface area contributed by atoms with Crippen LogP contribution in [0.4, 0.5) is 4.39 Å². The fraction of sp³-hybridized carbons (Fsp3) is 0.500. The SMILES string of the molecule is CC(NC(=O)C1CCC(C(=O)O)CC1)c1ccccc1F. The minimum absolute atomic E-state index is 0.116. The molecule has 2 N–H and O–H groups in total. The first-order valence-corrected chi connectivity index (χ1v) is 7.26. The van der Waals surface area contributed by atoms with Crippen molar-refractivity contribution >= 4 is 11.9 Å². The monoisotopic (exact) mass is 293 g/mol. The molecule has 0 bridgehead atoms. The van der Waals surface area contributed by atoms with Gasteiger partial charge in [0.25, 0.3) is 0 Å². The highest BCUT2D eigenvalue weighted by Gasteiger charge is 2.30. The molecule has 21 heavy (non-hydrogen) atoms. The Morgan fingerprint density at radius 2 is 1.76 bits per heavy atom. The summed E-state index contributed by atoms with van der Waals surface area (Å²) in [6, 6.07) is 5.98. The molecule has 114 valence electrons. The van der Waals surface area contributed by atoms with Crippen molar-refractivity contribution < 1.29 is 19.1 Å². The molecule has 1 amide bonds. The number of aliphatic carboxylic acids is 1. The van der Waals surface area contributed by atoms with Crippen molar-refractivity contribution in [2.45, 2.75) is 38.6 Å². The van der Waals surface area contributed by atoms with Crippen LogP contribution in [0.1, 0.15) is 44.2 Å². The van der Waals surface area contributed by atoms with Crippen LogP contribution >= 0.6 is 0 Å². The first-order valence-electron chi connectivity index (χ1n) is 7.26. The Balaban J connectivity index is 1.90. The Morgan fingerprint density at radius 3 is 2.33 bits per heavy atom. The molecule has 1 fully saturated rings. The lowest BCUT2D eigenvalue weighted by atomic mass is 9.81. The Kier molecular flexibility index (Phi) is 4.94. The van der Waals surface area contributed by atoms with E-state index in [2.05, 4.69) is 5.32 Å². The molecular weight excluding hydrogens is 273 g/mol. The standard InChI is InChI=1S/C16H20FNO3/c1-10(13-4-2-3-5-14(13)17)18-15(19)11-6-8-12(9-7-11)16(20)21/h2-5,10-12H,6-9H2,1H3,(H,18,19)(H,20,21). The zero-order valence-electron chi connectivity index (χ0n) is 12.0. The van der Waals surface area contributed by atoms with Crippen LogP contribution in [0.25, 0.3) is 0 Å². The molecule has 4 nitrogen and oxygen atoms in total. The molecular formula is C16H20FNO3. The van der Waals surface area contributed by atoms with E-state index in [0.29, 0.717) is 31.2 Å². The van der Waals surface area contributed by atoms with Crippen LogP contribution < -0.4 is 5.32 Å². The Labute approximate surface area is 123 Å². The first kappa shape index (κ1) is 15.5. The molecule has 1 aromatic carbocycles. The van der Waals surface area contributed by atoms with Gasteiger partial charge >= 0.3 is 5.97 Å². The summed E-state index contributed by atoms with van der Waals surface area (Å²) in [7, 11) is 0. The maximum absolute atomic E-state index is 13.7. The van der Waals surface area contributed by atoms with Gasteiger partial charge in [-0.05, 0) is 38.7 Å². The average Bonchev–Trinajstić information content (AvgIpc) is 2.47. The maximum atomic E-state index is 13.7. The normalized spacial score (nSPS) is 23.3. The number of hydrogen-bond donors (Lipinski definition) is 2. The molecule has 1 saturated carbocycles. The molecule has 1 aliphatic carbocycles. The fourth-order valence-electron chi connectivity index (χ4n) is 2.84. The summed E-state index contributed by atoms with van der Waals surface area (Å²) in [6.45, 7) is 1.75. The first-order chi connectivity index (χ1) is 9.99. The van der Waals surface area contributed by atoms with Crippen LogP contribution in [0.15, 0.2) is 24.3 Å². The summed E-state index contributed by atoms with van der Waals surface area (Å²) in [5.41, 5.74) is 0.463. The average molecular weight is 293 g/mol. The van der Waals surface area contributed by atoms with E-state index in [1.54, 1.807) is 25.1 Å². The van der Waals surface area contributed by atoms with Crippen molar-refractivity contribution in [2.75, 3.05) is 0 Å². The van der Waals surface area contributed by atoms with E-state index in [-0.39, 0.29) is 23.6 Å². The van der Waals surface area contributed by atoms with Gasteiger partial charge in [-0.3, -0.25) is 9.59 Å². The van der Waals surface area contributed by atoms with E-state index in [0.717, 1.165) is 0 Å². The molecule has 1 aliphatic rings. The number of hydrogen-bond acceptors (Lipinski definition) is 2. The molecule has 1 aromatic rings. The van der Waals surface area contributed by atoms with Gasteiger partial charge in [0.05, 0.1) is 12.0 Å². The van der Waals surface area contributed by atoms with Crippen molar-refractivity contribution in [3.05, 3.63) is 35.6 Å². The van der Waals surface area contributed by atoms with Crippen LogP contribution in [0.2, 0.25) is 0 Å². The number of carboxylic acids is 1. The Hall–Kier alpha value is -1.91. The lowest BCUT2D eigenvalue weighted by Gasteiger charge is -2.26. The number of rotatable bonds is 4. The molecule has 5 heteroatoms. The summed E-state index contributed by atoms with van der Waals surface area (Å²) in [5.74, 6) is -1.74. The lowest BCUT2D eigenvalue weighted by molar-refractivity contribution is -0.144. The number of carbonyl (C=O) groups excluding carboxylic acids is 1. The van der Waals surface area contributed by atoms with Gasteiger partial charge < -0.3 is 10.4 Å². The third-order valence-electron chi connectivity index (χ3n) is 4.18. The molecule has 0 radical (unpaired) electrons. The largest absolute Gasteiger partial charge is 0.481 e. The van der Waals surface area contributed by atoms with Crippen molar-refractivity contribution in [1.29, 1.82) is 0 Å². The summed E-state index contributed by atoms with van der Waals surface area (Å²) in [6.07, 6.45) is 2.21. The predicted molar refractivity (Wildman–Crippen MR) is 76.0 cm³/mol. The van der Waals surface area contributed by atoms with Gasteiger partial charge in [-0.2, -0.15) is 0 Å². The topological polar surface area (TPSA) is 66.4 Å². The highest BCUT2D eigenvalue weighted by Crippen LogP contribution is 2.29. The Morgan fingerprint density at radius 1 is 1.19 bits per heavy atom. The van der Waals surface area contributed by atoms with E-state index in [9.17, 15) is 14.0 Å². The van der Waals surface area contributed by atoms with Crippen molar-refractivity contribution in [2.24, 2.45) is 11.8 Å². The lowest BCUT2D eigenvalue weighted by Crippen LogP contribution is -2.36. The van der Waals surface area contributed by atoms with Crippen LogP contribution in [0.5, 0.6) is 0 Å². The number of carboxylic acid groups (broad SMARTS) is 1. The Bertz CT molecular complexity index is 524. The zero-order valence-corrected chi connectivity index (χ0v) is 12.0. The number of nitrogens with one attached hydrogen (secondary N) is 1. The third-order valence-corrected chi connectivity index (χ3v) is 4.18. The van der Waals surface area contributed by atoms with Gasteiger partial charge in [-0.25, -0.2) is 4.39 Å². The van der Waals surface area contributed by atoms with Crippen molar-refractivity contribution in [3.63, 3.8) is 0 Å². The van der Waals surface area contributed by atoms with Crippen molar-refractivity contribution in [1.82, 2.24) is 5.32 Å². The van der Waals surface area contributed by atoms with E-state index in [4.69, 9.17) is 5.11 Å². The van der Waals surface area contributed by atoms with E-state index < -0.39 is 12.0 Å². The van der Waals surface area contributed by atoms with Gasteiger partial charge in [0.15, 0.2) is 0 Å². The zero-order chi connectivity index (χ0) is 15.4. The second-order valence-corrected chi connectivity index (χ2v) is 5.64. The number of amides is 1. The van der Waals surface area contributed by atoms with E-state index in [1.807, 2.05) is 0 Å². The molecule has 0 spiro atoms. The van der Waals surface area contributed by atoms with Crippen molar-refractivity contribution in [3.8, 4) is 0 Å². The highest BCUT2D eigenvalue weighted by molar-refractivity contribution is 5.79. The molecule has 1 unspecified atom stereocenters. The summed E-state index contributed by atoms with van der Waals surface area (Å²) in [5, 5.41) is 11.8. The molecule has 2 rings (SSSR count). The molecule has 1 atom stereocenters. The second-order valence-electron chi connectivity index (χ2n) is 5.64. The number of carbonyl (C=O) groups is 2. The smallest absolute Gasteiger partial charge is 0.306 e. The number of benzene rings is 1. The van der Waals surface area contributed by atoms with Gasteiger partial charge in [-0.1, -0.05) is 18.2 Å². The fourth-order valence-corrected chi connectivity index (χ4v) is 2.84. The molecule has 0 saturated heterocycles. The molecule has 0 aromatic heterocycles. The van der Waals surface area contributed by atoms with Gasteiger partial charge in [0.2, 0.25) is 5.91 Å². The molecule has 0 aliphatic heterocycles. The van der Waals surface area contributed by atoms with Crippen LogP contribution in [0, 0.1) is 17.7 Å². The van der Waals surface area contributed by atoms with Gasteiger partial charge in [-0.15, -0.1) is 0 Å². The maximum Gasteiger partial charge on any atom is 0.306 e. The van der Waals surface area contributed by atoms with Crippen LogP contribution in [-0.4, -0.2) is 17.0 Å². The quantitative estimate of drug-likeness (QED) is 0.897. The van der Waals surface area contributed by atoms with Crippen LogP contribution in [-0.2, 0) is 9.59 Å². The van der Waals surface area contributed by atoms with E-state index in [1.165, 1.54) is 6.07 Å².